The number of carboxylic acids is 1. The van der Waals surface area contributed by atoms with Crippen molar-refractivity contribution in [2.75, 3.05) is 0 Å². The molecule has 122 valence electrons. The van der Waals surface area contributed by atoms with Crippen molar-refractivity contribution < 1.29 is 9.90 Å². The standard InChI is InChI=1S/C17H19ClN2O2S/c1-2-5-15-19-14(18)11-20(15)10-12-6-7-13(23-12)17(16(21)22)8-3-4-9-17/h3-4,6-7,11H,2,5,8-10H2,1H3,(H,21,22). The predicted molar refractivity (Wildman–Crippen MR) is 92.3 cm³/mol. The lowest BCUT2D eigenvalue weighted by molar-refractivity contribution is -0.143. The molecule has 0 atom stereocenters. The highest BCUT2D eigenvalue weighted by Crippen LogP contribution is 2.41. The molecule has 4 nitrogen and oxygen atoms in total. The maximum absolute atomic E-state index is 11.8. The lowest BCUT2D eigenvalue weighted by atomic mass is 9.84. The van der Waals surface area contributed by atoms with E-state index >= 15 is 0 Å². The van der Waals surface area contributed by atoms with Gasteiger partial charge in [-0.3, -0.25) is 4.79 Å². The minimum absolute atomic E-state index is 0.507. The fourth-order valence-electron chi connectivity index (χ4n) is 3.00. The number of carbonyl (C=O) groups is 1. The van der Waals surface area contributed by atoms with E-state index in [0.29, 0.717) is 24.5 Å². The van der Waals surface area contributed by atoms with Gasteiger partial charge in [0.05, 0.1) is 6.54 Å². The number of hydrogen-bond acceptors (Lipinski definition) is 3. The van der Waals surface area contributed by atoms with Gasteiger partial charge in [-0.1, -0.05) is 30.7 Å². The molecule has 2 aromatic heterocycles. The first-order chi connectivity index (χ1) is 11.0. The summed E-state index contributed by atoms with van der Waals surface area (Å²) in [6, 6.07) is 3.98. The number of aryl methyl sites for hydroxylation is 1. The highest BCUT2D eigenvalue weighted by atomic mass is 35.5. The second kappa shape index (κ2) is 6.49. The summed E-state index contributed by atoms with van der Waals surface area (Å²) in [5, 5.41) is 10.2. The van der Waals surface area contributed by atoms with Gasteiger partial charge in [0.2, 0.25) is 0 Å². The van der Waals surface area contributed by atoms with E-state index in [-0.39, 0.29) is 0 Å². The summed E-state index contributed by atoms with van der Waals surface area (Å²) in [6.07, 6.45) is 8.80. The summed E-state index contributed by atoms with van der Waals surface area (Å²) >= 11 is 7.60. The molecule has 2 aromatic rings. The van der Waals surface area contributed by atoms with Crippen molar-refractivity contribution in [2.24, 2.45) is 0 Å². The van der Waals surface area contributed by atoms with Gasteiger partial charge in [-0.25, -0.2) is 4.98 Å². The van der Waals surface area contributed by atoms with E-state index in [0.717, 1.165) is 28.4 Å². The molecule has 0 fully saturated rings. The summed E-state index contributed by atoms with van der Waals surface area (Å²) in [7, 11) is 0. The molecule has 6 heteroatoms. The van der Waals surface area contributed by atoms with Gasteiger partial charge >= 0.3 is 5.97 Å². The summed E-state index contributed by atoms with van der Waals surface area (Å²) < 4.78 is 2.06. The molecule has 0 amide bonds. The number of aliphatic carboxylic acids is 1. The van der Waals surface area contributed by atoms with Crippen LogP contribution in [0.25, 0.3) is 0 Å². The fourth-order valence-corrected chi connectivity index (χ4v) is 4.42. The number of aromatic nitrogens is 2. The van der Waals surface area contributed by atoms with Gasteiger partial charge in [0.1, 0.15) is 16.4 Å². The van der Waals surface area contributed by atoms with Gasteiger partial charge in [0.25, 0.3) is 0 Å². The van der Waals surface area contributed by atoms with Gasteiger partial charge in [0.15, 0.2) is 0 Å². The van der Waals surface area contributed by atoms with Crippen LogP contribution in [0, 0.1) is 0 Å². The van der Waals surface area contributed by atoms with Crippen LogP contribution < -0.4 is 0 Å². The monoisotopic (exact) mass is 350 g/mol. The Morgan fingerprint density at radius 2 is 2.17 bits per heavy atom. The maximum Gasteiger partial charge on any atom is 0.315 e. The molecule has 1 aliphatic rings. The average molecular weight is 351 g/mol. The van der Waals surface area contributed by atoms with Crippen molar-refractivity contribution in [3.05, 3.63) is 51.2 Å². The number of allylic oxidation sites excluding steroid dienone is 2. The normalized spacial score (nSPS) is 16.1. The predicted octanol–water partition coefficient (Wildman–Crippen LogP) is 4.27. The topological polar surface area (TPSA) is 55.1 Å². The molecule has 1 N–H and O–H groups in total. The van der Waals surface area contributed by atoms with Crippen LogP contribution in [0.5, 0.6) is 0 Å². The third-order valence-electron chi connectivity index (χ3n) is 4.27. The third kappa shape index (κ3) is 3.08. The second-order valence-electron chi connectivity index (χ2n) is 5.89. The Balaban J connectivity index is 1.84. The number of hydrogen-bond donors (Lipinski definition) is 1. The smallest absolute Gasteiger partial charge is 0.315 e. The van der Waals surface area contributed by atoms with Crippen LogP contribution in [-0.4, -0.2) is 20.6 Å². The van der Waals surface area contributed by atoms with Crippen molar-refractivity contribution in [3.8, 4) is 0 Å². The molecule has 0 saturated carbocycles. The molecule has 1 aliphatic carbocycles. The average Bonchev–Trinajstić information content (AvgIpc) is 3.21. The molecular weight excluding hydrogens is 332 g/mol. The Morgan fingerprint density at radius 1 is 1.43 bits per heavy atom. The Kier molecular flexibility index (Phi) is 4.60. The van der Waals surface area contributed by atoms with Crippen molar-refractivity contribution in [1.29, 1.82) is 0 Å². The van der Waals surface area contributed by atoms with Gasteiger partial charge in [0, 0.05) is 22.4 Å². The van der Waals surface area contributed by atoms with Crippen molar-refractivity contribution in [2.45, 2.75) is 44.6 Å². The lowest BCUT2D eigenvalue weighted by Gasteiger charge is -2.22. The number of nitrogens with zero attached hydrogens (tertiary/aromatic N) is 2. The van der Waals surface area contributed by atoms with Crippen molar-refractivity contribution in [3.63, 3.8) is 0 Å². The Labute approximate surface area is 144 Å². The molecular formula is C17H19ClN2O2S. The third-order valence-corrected chi connectivity index (χ3v) is 5.73. The van der Waals surface area contributed by atoms with E-state index in [9.17, 15) is 9.90 Å². The van der Waals surface area contributed by atoms with E-state index in [2.05, 4.69) is 16.5 Å². The molecule has 2 heterocycles. The number of rotatable bonds is 6. The first-order valence-electron chi connectivity index (χ1n) is 7.74. The zero-order chi connectivity index (χ0) is 16.4. The van der Waals surface area contributed by atoms with E-state index in [1.807, 2.05) is 30.5 Å². The summed E-state index contributed by atoms with van der Waals surface area (Å²) in [4.78, 5) is 18.2. The van der Waals surface area contributed by atoms with Gasteiger partial charge in [-0.05, 0) is 31.4 Å². The largest absolute Gasteiger partial charge is 0.481 e. The highest BCUT2D eigenvalue weighted by molar-refractivity contribution is 7.12. The number of carboxylic acid groups (broad SMARTS) is 1. The Hall–Kier alpha value is -1.59. The molecule has 0 spiro atoms. The van der Waals surface area contributed by atoms with Gasteiger partial charge in [-0.15, -0.1) is 11.3 Å². The zero-order valence-corrected chi connectivity index (χ0v) is 14.5. The molecule has 0 radical (unpaired) electrons. The lowest BCUT2D eigenvalue weighted by Crippen LogP contribution is -2.31. The van der Waals surface area contributed by atoms with Crippen LogP contribution in [-0.2, 0) is 23.2 Å². The van der Waals surface area contributed by atoms with E-state index < -0.39 is 11.4 Å². The van der Waals surface area contributed by atoms with Crippen LogP contribution in [0.2, 0.25) is 5.15 Å². The Morgan fingerprint density at radius 3 is 2.83 bits per heavy atom. The number of imidazole rings is 1. The van der Waals surface area contributed by atoms with Crippen LogP contribution in [0.4, 0.5) is 0 Å². The molecule has 3 rings (SSSR count). The van der Waals surface area contributed by atoms with E-state index in [1.165, 1.54) is 0 Å². The summed E-state index contributed by atoms with van der Waals surface area (Å²) in [5.41, 5.74) is -0.776. The molecule has 0 bridgehead atoms. The van der Waals surface area contributed by atoms with Crippen LogP contribution in [0.3, 0.4) is 0 Å². The minimum Gasteiger partial charge on any atom is -0.481 e. The molecule has 0 saturated heterocycles. The van der Waals surface area contributed by atoms with E-state index in [1.54, 1.807) is 11.3 Å². The Bertz CT molecular complexity index is 740. The van der Waals surface area contributed by atoms with E-state index in [4.69, 9.17) is 11.6 Å². The van der Waals surface area contributed by atoms with Crippen molar-refractivity contribution >= 4 is 28.9 Å². The minimum atomic E-state index is -0.776. The fraction of sp³-hybridized carbons (Fsp3) is 0.412. The first kappa shape index (κ1) is 16.3. The molecule has 23 heavy (non-hydrogen) atoms. The maximum atomic E-state index is 11.8. The van der Waals surface area contributed by atoms with Crippen LogP contribution in [0.15, 0.2) is 30.5 Å². The van der Waals surface area contributed by atoms with Crippen LogP contribution in [0.1, 0.15) is 41.8 Å². The first-order valence-corrected chi connectivity index (χ1v) is 8.94. The summed E-state index contributed by atoms with van der Waals surface area (Å²) in [5.74, 6) is 0.233. The molecule has 0 unspecified atom stereocenters. The zero-order valence-electron chi connectivity index (χ0n) is 13.0. The SMILES string of the molecule is CCCc1nc(Cl)cn1Cc1ccc(C2(C(=O)O)CC=CC2)s1. The van der Waals surface area contributed by atoms with Gasteiger partial charge in [-0.2, -0.15) is 0 Å². The second-order valence-corrected chi connectivity index (χ2v) is 7.45. The molecule has 0 aliphatic heterocycles. The number of halogens is 1. The summed E-state index contributed by atoms with van der Waals surface area (Å²) in [6.45, 7) is 2.79. The van der Waals surface area contributed by atoms with Crippen molar-refractivity contribution in [1.82, 2.24) is 9.55 Å². The van der Waals surface area contributed by atoms with Gasteiger partial charge < -0.3 is 9.67 Å². The highest BCUT2D eigenvalue weighted by Gasteiger charge is 2.41. The number of thiophene rings is 1. The quantitative estimate of drug-likeness (QED) is 0.791. The van der Waals surface area contributed by atoms with Crippen LogP contribution >= 0.6 is 22.9 Å². The molecule has 0 aromatic carbocycles.